The zero-order chi connectivity index (χ0) is 11.8. The third-order valence-electron chi connectivity index (χ3n) is 2.76. The molecule has 0 aromatic rings. The second-order valence-corrected chi connectivity index (χ2v) is 4.19. The van der Waals surface area contributed by atoms with Gasteiger partial charge in [-0.2, -0.15) is 0 Å². The fraction of sp³-hybridized carbons (Fsp3) is 0.909. The van der Waals surface area contributed by atoms with Gasteiger partial charge in [-0.15, -0.1) is 0 Å². The van der Waals surface area contributed by atoms with Crippen molar-refractivity contribution in [2.75, 3.05) is 26.8 Å². The van der Waals surface area contributed by atoms with Gasteiger partial charge in [-0.05, 0) is 25.8 Å². The van der Waals surface area contributed by atoms with E-state index >= 15 is 0 Å². The molecule has 1 saturated heterocycles. The largest absolute Gasteiger partial charge is 0.391 e. The molecule has 5 heteroatoms. The van der Waals surface area contributed by atoms with Crippen LogP contribution in [0.4, 0.5) is 0 Å². The van der Waals surface area contributed by atoms with Crippen molar-refractivity contribution < 1.29 is 14.6 Å². The number of carbonyl (C=O) groups is 1. The van der Waals surface area contributed by atoms with Crippen molar-refractivity contribution in [3.05, 3.63) is 0 Å². The molecule has 1 fully saturated rings. The molecule has 1 aliphatic heterocycles. The molecule has 0 aromatic carbocycles. The molecule has 1 unspecified atom stereocenters. The molecule has 0 spiro atoms. The lowest BCUT2D eigenvalue weighted by atomic mass is 10.0. The number of ether oxygens (including phenoxy) is 1. The first-order valence-corrected chi connectivity index (χ1v) is 5.92. The van der Waals surface area contributed by atoms with Crippen LogP contribution in [-0.2, 0) is 9.53 Å². The lowest BCUT2D eigenvalue weighted by molar-refractivity contribution is -0.123. The predicted octanol–water partition coefficient (Wildman–Crippen LogP) is -0.358. The molecule has 2 atom stereocenters. The number of hydrogen-bond acceptors (Lipinski definition) is 4. The normalized spacial score (nSPS) is 22.8. The summed E-state index contributed by atoms with van der Waals surface area (Å²) in [6.07, 6.45) is 3.21. The van der Waals surface area contributed by atoms with Crippen LogP contribution < -0.4 is 10.6 Å². The van der Waals surface area contributed by atoms with Crippen LogP contribution in [0.15, 0.2) is 0 Å². The fourth-order valence-electron chi connectivity index (χ4n) is 1.84. The minimum Gasteiger partial charge on any atom is -0.391 e. The molecular weight excluding hydrogens is 208 g/mol. The minimum absolute atomic E-state index is 0.0457. The van der Waals surface area contributed by atoms with Crippen molar-refractivity contribution in [1.82, 2.24) is 10.6 Å². The summed E-state index contributed by atoms with van der Waals surface area (Å²) in [6.45, 7) is 1.74. The summed E-state index contributed by atoms with van der Waals surface area (Å²) >= 11 is 0. The maximum Gasteiger partial charge on any atom is 0.237 e. The van der Waals surface area contributed by atoms with Gasteiger partial charge >= 0.3 is 0 Å². The summed E-state index contributed by atoms with van der Waals surface area (Å²) in [4.78, 5) is 11.7. The van der Waals surface area contributed by atoms with Crippen molar-refractivity contribution in [2.24, 2.45) is 0 Å². The highest BCUT2D eigenvalue weighted by molar-refractivity contribution is 5.81. The molecule has 0 aromatic heterocycles. The fourth-order valence-corrected chi connectivity index (χ4v) is 1.84. The molecule has 1 amide bonds. The molecular formula is C11H22N2O3. The molecule has 0 radical (unpaired) electrons. The van der Waals surface area contributed by atoms with Crippen molar-refractivity contribution in [3.63, 3.8) is 0 Å². The Morgan fingerprint density at radius 3 is 3.06 bits per heavy atom. The standard InChI is InChI=1S/C11H22N2O3/c1-16-8-9(14)5-7-13-11(15)10-4-2-3-6-12-10/h9-10,12,14H,2-8H2,1H3,(H,13,15)/t9?,10-/m0/s1. The summed E-state index contributed by atoms with van der Waals surface area (Å²) in [5, 5.41) is 15.4. The Bertz CT molecular complexity index is 205. The van der Waals surface area contributed by atoms with Gasteiger partial charge in [0.2, 0.25) is 5.91 Å². The quantitative estimate of drug-likeness (QED) is 0.583. The van der Waals surface area contributed by atoms with Gasteiger partial charge in [0.25, 0.3) is 0 Å². The Labute approximate surface area is 96.6 Å². The zero-order valence-corrected chi connectivity index (χ0v) is 9.87. The maximum atomic E-state index is 11.7. The van der Waals surface area contributed by atoms with Crippen LogP contribution in [0.3, 0.4) is 0 Å². The predicted molar refractivity (Wildman–Crippen MR) is 61.2 cm³/mol. The van der Waals surface area contributed by atoms with Crippen molar-refractivity contribution in [1.29, 1.82) is 0 Å². The smallest absolute Gasteiger partial charge is 0.237 e. The lowest BCUT2D eigenvalue weighted by Crippen LogP contribution is -2.47. The first kappa shape index (κ1) is 13.4. The summed E-state index contributed by atoms with van der Waals surface area (Å²) < 4.78 is 4.80. The molecule has 1 heterocycles. The van der Waals surface area contributed by atoms with E-state index in [9.17, 15) is 9.90 Å². The lowest BCUT2D eigenvalue weighted by Gasteiger charge is -2.22. The van der Waals surface area contributed by atoms with Gasteiger partial charge in [0.1, 0.15) is 0 Å². The van der Waals surface area contributed by atoms with Crippen molar-refractivity contribution >= 4 is 5.91 Å². The number of nitrogens with one attached hydrogen (secondary N) is 2. The van der Waals surface area contributed by atoms with Crippen LogP contribution >= 0.6 is 0 Å². The summed E-state index contributed by atoms with van der Waals surface area (Å²) in [5.74, 6) is 0.0457. The highest BCUT2D eigenvalue weighted by Crippen LogP contribution is 2.06. The summed E-state index contributed by atoms with van der Waals surface area (Å²) in [7, 11) is 1.55. The summed E-state index contributed by atoms with van der Waals surface area (Å²) in [5.41, 5.74) is 0. The number of rotatable bonds is 6. The van der Waals surface area contributed by atoms with Gasteiger partial charge < -0.3 is 20.5 Å². The van der Waals surface area contributed by atoms with Crippen LogP contribution in [0.5, 0.6) is 0 Å². The first-order valence-electron chi connectivity index (χ1n) is 5.92. The zero-order valence-electron chi connectivity index (χ0n) is 9.87. The average Bonchev–Trinajstić information content (AvgIpc) is 2.30. The van der Waals surface area contributed by atoms with Crippen LogP contribution in [0.1, 0.15) is 25.7 Å². The maximum absolute atomic E-state index is 11.7. The molecule has 1 rings (SSSR count). The first-order chi connectivity index (χ1) is 7.74. The van der Waals surface area contributed by atoms with Crippen LogP contribution in [0, 0.1) is 0 Å². The Morgan fingerprint density at radius 2 is 2.44 bits per heavy atom. The number of amides is 1. The number of hydrogen-bond donors (Lipinski definition) is 3. The molecule has 3 N–H and O–H groups in total. The molecule has 94 valence electrons. The Hall–Kier alpha value is -0.650. The number of aliphatic hydroxyl groups excluding tert-OH is 1. The van der Waals surface area contributed by atoms with Gasteiger partial charge in [-0.1, -0.05) is 6.42 Å². The van der Waals surface area contributed by atoms with Gasteiger partial charge in [-0.3, -0.25) is 4.79 Å². The highest BCUT2D eigenvalue weighted by Gasteiger charge is 2.19. The number of piperidine rings is 1. The Balaban J connectivity index is 2.09. The topological polar surface area (TPSA) is 70.6 Å². The summed E-state index contributed by atoms with van der Waals surface area (Å²) in [6, 6.07) is -0.0479. The molecule has 1 aliphatic rings. The van der Waals surface area contributed by atoms with Crippen molar-refractivity contribution in [3.8, 4) is 0 Å². The van der Waals surface area contributed by atoms with Crippen LogP contribution in [0.25, 0.3) is 0 Å². The third kappa shape index (κ3) is 4.92. The van der Waals surface area contributed by atoms with E-state index in [4.69, 9.17) is 4.74 Å². The van der Waals surface area contributed by atoms with E-state index in [1.54, 1.807) is 7.11 Å². The van der Waals surface area contributed by atoms with Crippen LogP contribution in [-0.4, -0.2) is 50.0 Å². The molecule has 0 bridgehead atoms. The van der Waals surface area contributed by atoms with Gasteiger partial charge in [-0.25, -0.2) is 0 Å². The van der Waals surface area contributed by atoms with Crippen LogP contribution in [0.2, 0.25) is 0 Å². The van der Waals surface area contributed by atoms with Gasteiger partial charge in [0.15, 0.2) is 0 Å². The highest BCUT2D eigenvalue weighted by atomic mass is 16.5. The molecule has 16 heavy (non-hydrogen) atoms. The average molecular weight is 230 g/mol. The van der Waals surface area contributed by atoms with E-state index in [1.165, 1.54) is 0 Å². The monoisotopic (exact) mass is 230 g/mol. The molecule has 0 saturated carbocycles. The van der Waals surface area contributed by atoms with Gasteiger partial charge in [0, 0.05) is 13.7 Å². The van der Waals surface area contributed by atoms with Gasteiger partial charge in [0.05, 0.1) is 18.8 Å². The number of carbonyl (C=O) groups excluding carboxylic acids is 1. The second-order valence-electron chi connectivity index (χ2n) is 4.19. The minimum atomic E-state index is -0.496. The SMILES string of the molecule is COCC(O)CCNC(=O)[C@@H]1CCCCN1. The van der Waals surface area contributed by atoms with E-state index in [0.29, 0.717) is 19.6 Å². The van der Waals surface area contributed by atoms with Crippen molar-refractivity contribution in [2.45, 2.75) is 37.8 Å². The molecule has 0 aliphatic carbocycles. The number of methoxy groups -OCH3 is 1. The van der Waals surface area contributed by atoms with E-state index in [-0.39, 0.29) is 11.9 Å². The van der Waals surface area contributed by atoms with E-state index in [2.05, 4.69) is 10.6 Å². The molecule has 5 nitrogen and oxygen atoms in total. The number of aliphatic hydroxyl groups is 1. The Morgan fingerprint density at radius 1 is 1.62 bits per heavy atom. The Kier molecular flexibility index (Phi) is 6.37. The van der Waals surface area contributed by atoms with E-state index < -0.39 is 6.10 Å². The second kappa shape index (κ2) is 7.60. The van der Waals surface area contributed by atoms with E-state index in [0.717, 1.165) is 25.8 Å². The third-order valence-corrected chi connectivity index (χ3v) is 2.76. The van der Waals surface area contributed by atoms with E-state index in [1.807, 2.05) is 0 Å².